The Morgan fingerprint density at radius 2 is 1.90 bits per heavy atom. The highest BCUT2D eigenvalue weighted by Gasteiger charge is 2.41. The first-order valence-electron chi connectivity index (χ1n) is 7.31. The van der Waals surface area contributed by atoms with E-state index in [-0.39, 0.29) is 5.54 Å². The fourth-order valence-corrected chi connectivity index (χ4v) is 3.02. The lowest BCUT2D eigenvalue weighted by Crippen LogP contribution is -2.33. The van der Waals surface area contributed by atoms with E-state index in [1.807, 2.05) is 6.07 Å². The molecule has 2 aliphatic rings. The zero-order valence-corrected chi connectivity index (χ0v) is 11.8. The van der Waals surface area contributed by atoms with E-state index >= 15 is 0 Å². The van der Waals surface area contributed by atoms with Gasteiger partial charge in [-0.25, -0.2) is 4.79 Å². The van der Waals surface area contributed by atoms with Crippen LogP contribution in [0.25, 0.3) is 0 Å². The zero-order valence-electron chi connectivity index (χ0n) is 11.8. The number of rotatable bonds is 3. The van der Waals surface area contributed by atoms with Crippen molar-refractivity contribution < 1.29 is 14.3 Å². The van der Waals surface area contributed by atoms with Crippen molar-refractivity contribution >= 4 is 6.08 Å². The number of aliphatic imine (C=N–C) groups is 1. The normalized spacial score (nSPS) is 19.4. The first-order chi connectivity index (χ1) is 9.79. The van der Waals surface area contributed by atoms with Gasteiger partial charge >= 0.3 is 0 Å². The number of carbonyl (C=O) groups excluding carboxylic acids is 1. The Balaban J connectivity index is 2.10. The quantitative estimate of drug-likeness (QED) is 0.628. The summed E-state index contributed by atoms with van der Waals surface area (Å²) in [6.07, 6.45) is 6.46. The molecule has 0 saturated heterocycles. The maximum atomic E-state index is 10.8. The summed E-state index contributed by atoms with van der Waals surface area (Å²) in [5, 5.41) is 0. The summed E-state index contributed by atoms with van der Waals surface area (Å²) in [5.74, 6) is 1.59. The van der Waals surface area contributed by atoms with Gasteiger partial charge in [0.2, 0.25) is 6.08 Å². The molecule has 0 unspecified atom stereocenters. The van der Waals surface area contributed by atoms with Gasteiger partial charge in [-0.05, 0) is 48.9 Å². The van der Waals surface area contributed by atoms with E-state index in [1.54, 1.807) is 6.08 Å². The molecule has 3 rings (SSSR count). The molecule has 1 aliphatic heterocycles. The second-order valence-corrected chi connectivity index (χ2v) is 5.45. The summed E-state index contributed by atoms with van der Waals surface area (Å²) in [5.41, 5.74) is 1.92. The average Bonchev–Trinajstić information content (AvgIpc) is 2.66. The number of aryl methyl sites for hydroxylation is 1. The van der Waals surface area contributed by atoms with E-state index in [9.17, 15) is 4.79 Å². The zero-order chi connectivity index (χ0) is 14.0. The molecule has 0 atom stereocenters. The number of benzene rings is 1. The lowest BCUT2D eigenvalue weighted by molar-refractivity contribution is 0.252. The van der Waals surface area contributed by atoms with Crippen molar-refractivity contribution in [2.24, 2.45) is 4.99 Å². The summed E-state index contributed by atoms with van der Waals surface area (Å²) in [6, 6.07) is 4.08. The topological polar surface area (TPSA) is 47.9 Å². The Kier molecular flexibility index (Phi) is 3.49. The Bertz CT molecular complexity index is 557. The molecular formula is C16H19NO3. The van der Waals surface area contributed by atoms with Crippen molar-refractivity contribution in [1.29, 1.82) is 0 Å². The van der Waals surface area contributed by atoms with Crippen LogP contribution < -0.4 is 9.47 Å². The highest BCUT2D eigenvalue weighted by molar-refractivity contribution is 5.52. The SMILES string of the molecule is CCc1cc2c(cc1C1(N=C=O)CCC1)OCCCO2. The fraction of sp³-hybridized carbons (Fsp3) is 0.562. The molecule has 0 radical (unpaired) electrons. The third-order valence-electron chi connectivity index (χ3n) is 4.30. The molecule has 106 valence electrons. The van der Waals surface area contributed by atoms with E-state index < -0.39 is 0 Å². The Hall–Kier alpha value is -1.80. The van der Waals surface area contributed by atoms with Crippen LogP contribution in [0.2, 0.25) is 0 Å². The molecule has 1 aromatic rings. The van der Waals surface area contributed by atoms with Crippen molar-refractivity contribution in [1.82, 2.24) is 0 Å². The molecule has 0 spiro atoms. The highest BCUT2D eigenvalue weighted by atomic mass is 16.5. The van der Waals surface area contributed by atoms with Crippen LogP contribution in [0, 0.1) is 0 Å². The first kappa shape index (κ1) is 13.2. The van der Waals surface area contributed by atoms with E-state index in [1.165, 1.54) is 5.56 Å². The molecule has 0 amide bonds. The van der Waals surface area contributed by atoms with E-state index in [4.69, 9.17) is 9.47 Å². The lowest BCUT2D eigenvalue weighted by Gasteiger charge is -2.38. The van der Waals surface area contributed by atoms with Crippen LogP contribution in [0.5, 0.6) is 11.5 Å². The smallest absolute Gasteiger partial charge is 0.235 e. The molecule has 1 aliphatic carbocycles. The largest absolute Gasteiger partial charge is 0.490 e. The Morgan fingerprint density at radius 1 is 1.20 bits per heavy atom. The minimum absolute atomic E-state index is 0.377. The number of fused-ring (bicyclic) bond motifs is 1. The van der Waals surface area contributed by atoms with Gasteiger partial charge in [0.25, 0.3) is 0 Å². The lowest BCUT2D eigenvalue weighted by atomic mass is 9.70. The number of ether oxygens (including phenoxy) is 2. The molecule has 1 fully saturated rings. The van der Waals surface area contributed by atoms with Crippen LogP contribution in [0.1, 0.15) is 43.7 Å². The molecule has 1 aromatic carbocycles. The number of nitrogens with zero attached hydrogens (tertiary/aromatic N) is 1. The predicted molar refractivity (Wildman–Crippen MR) is 75.1 cm³/mol. The molecule has 0 bridgehead atoms. The van der Waals surface area contributed by atoms with Crippen LogP contribution >= 0.6 is 0 Å². The van der Waals surface area contributed by atoms with Crippen molar-refractivity contribution in [2.45, 2.75) is 44.6 Å². The maximum absolute atomic E-state index is 10.8. The fourth-order valence-electron chi connectivity index (χ4n) is 3.02. The first-order valence-corrected chi connectivity index (χ1v) is 7.31. The van der Waals surface area contributed by atoms with Crippen LogP contribution in [0.4, 0.5) is 0 Å². The summed E-state index contributed by atoms with van der Waals surface area (Å²) in [6.45, 7) is 3.47. The number of hydrogen-bond donors (Lipinski definition) is 0. The number of hydrogen-bond acceptors (Lipinski definition) is 4. The van der Waals surface area contributed by atoms with Crippen molar-refractivity contribution in [3.63, 3.8) is 0 Å². The van der Waals surface area contributed by atoms with E-state index in [0.29, 0.717) is 13.2 Å². The molecule has 1 heterocycles. The van der Waals surface area contributed by atoms with Gasteiger partial charge in [0.15, 0.2) is 11.5 Å². The van der Waals surface area contributed by atoms with Gasteiger partial charge in [-0.2, -0.15) is 4.99 Å². The van der Waals surface area contributed by atoms with Crippen molar-refractivity contribution in [3.05, 3.63) is 23.3 Å². The molecule has 0 aromatic heterocycles. The minimum Gasteiger partial charge on any atom is -0.490 e. The predicted octanol–water partition coefficient (Wildman–Crippen LogP) is 3.13. The van der Waals surface area contributed by atoms with Crippen LogP contribution in [-0.4, -0.2) is 19.3 Å². The maximum Gasteiger partial charge on any atom is 0.235 e. The molecular weight excluding hydrogens is 254 g/mol. The van der Waals surface area contributed by atoms with Crippen LogP contribution in [0.15, 0.2) is 17.1 Å². The second-order valence-electron chi connectivity index (χ2n) is 5.45. The molecule has 20 heavy (non-hydrogen) atoms. The van der Waals surface area contributed by atoms with Crippen molar-refractivity contribution in [3.8, 4) is 11.5 Å². The third kappa shape index (κ3) is 2.10. The third-order valence-corrected chi connectivity index (χ3v) is 4.30. The Morgan fingerprint density at radius 3 is 2.45 bits per heavy atom. The van der Waals surface area contributed by atoms with Crippen LogP contribution in [-0.2, 0) is 16.8 Å². The summed E-state index contributed by atoms with van der Waals surface area (Å²) < 4.78 is 11.5. The second kappa shape index (κ2) is 5.29. The van der Waals surface area contributed by atoms with Gasteiger partial charge in [-0.15, -0.1) is 0 Å². The van der Waals surface area contributed by atoms with Gasteiger partial charge in [-0.1, -0.05) is 6.92 Å². The summed E-state index contributed by atoms with van der Waals surface area (Å²) in [7, 11) is 0. The van der Waals surface area contributed by atoms with Crippen LogP contribution in [0.3, 0.4) is 0 Å². The van der Waals surface area contributed by atoms with E-state index in [0.717, 1.165) is 49.2 Å². The minimum atomic E-state index is -0.377. The van der Waals surface area contributed by atoms with Gasteiger partial charge < -0.3 is 9.47 Å². The van der Waals surface area contributed by atoms with Gasteiger partial charge in [0, 0.05) is 6.42 Å². The standard InChI is InChI=1S/C16H19NO3/c1-2-12-9-14-15(20-8-4-7-19-14)10-13(12)16(17-11-18)5-3-6-16/h9-10H,2-8H2,1H3. The van der Waals surface area contributed by atoms with Crippen molar-refractivity contribution in [2.75, 3.05) is 13.2 Å². The van der Waals surface area contributed by atoms with Gasteiger partial charge in [0.05, 0.1) is 18.8 Å². The van der Waals surface area contributed by atoms with Gasteiger partial charge in [-0.3, -0.25) is 0 Å². The number of isocyanates is 1. The summed E-state index contributed by atoms with van der Waals surface area (Å²) >= 11 is 0. The monoisotopic (exact) mass is 273 g/mol. The van der Waals surface area contributed by atoms with E-state index in [2.05, 4.69) is 18.0 Å². The van der Waals surface area contributed by atoms with Gasteiger partial charge in [0.1, 0.15) is 0 Å². The average molecular weight is 273 g/mol. The molecule has 4 heteroatoms. The molecule has 1 saturated carbocycles. The molecule has 4 nitrogen and oxygen atoms in total. The summed E-state index contributed by atoms with van der Waals surface area (Å²) in [4.78, 5) is 14.9. The highest BCUT2D eigenvalue weighted by Crippen LogP contribution is 2.48. The Labute approximate surface area is 118 Å². The molecule has 0 N–H and O–H groups in total.